The van der Waals surface area contributed by atoms with Gasteiger partial charge in [-0.1, -0.05) is 43.7 Å². The van der Waals surface area contributed by atoms with E-state index in [4.69, 9.17) is 10.5 Å². The van der Waals surface area contributed by atoms with Crippen LogP contribution in [0.25, 0.3) is 0 Å². The Hall–Kier alpha value is -1.80. The molecule has 0 spiro atoms. The Kier molecular flexibility index (Phi) is 3.26. The van der Waals surface area contributed by atoms with Gasteiger partial charge in [0, 0.05) is 0 Å². The van der Waals surface area contributed by atoms with Crippen molar-refractivity contribution in [2.24, 2.45) is 0 Å². The van der Waals surface area contributed by atoms with Gasteiger partial charge in [0.05, 0.1) is 12.1 Å². The molecule has 1 rings (SSSR count). The fourth-order valence-electron chi connectivity index (χ4n) is 1.51. The summed E-state index contributed by atoms with van der Waals surface area (Å²) in [5.41, 5.74) is -0.164. The molecular weight excluding hydrogens is 172 g/mol. The van der Waals surface area contributed by atoms with Crippen molar-refractivity contribution in [1.82, 2.24) is 0 Å². The van der Waals surface area contributed by atoms with E-state index in [0.29, 0.717) is 6.42 Å². The second kappa shape index (κ2) is 4.44. The molecule has 0 aliphatic heterocycles. The van der Waals surface area contributed by atoms with Crippen LogP contribution in [0.15, 0.2) is 30.3 Å². The van der Waals surface area contributed by atoms with Crippen LogP contribution >= 0.6 is 0 Å². The highest BCUT2D eigenvalue weighted by Gasteiger charge is 2.30. The highest BCUT2D eigenvalue weighted by atomic mass is 14.4. The number of benzene rings is 1. The zero-order valence-corrected chi connectivity index (χ0v) is 8.20. The van der Waals surface area contributed by atoms with Crippen LogP contribution in [-0.4, -0.2) is 0 Å². The molecular formula is C12H12N2. The van der Waals surface area contributed by atoms with Gasteiger partial charge in [-0.3, -0.25) is 0 Å². The van der Waals surface area contributed by atoms with Gasteiger partial charge in [0.1, 0.15) is 0 Å². The first-order valence-electron chi connectivity index (χ1n) is 4.67. The van der Waals surface area contributed by atoms with Gasteiger partial charge in [0.15, 0.2) is 5.41 Å². The molecule has 0 radical (unpaired) electrons. The van der Waals surface area contributed by atoms with E-state index in [1.165, 1.54) is 0 Å². The first-order valence-corrected chi connectivity index (χ1v) is 4.67. The first kappa shape index (κ1) is 10.3. The Morgan fingerprint density at radius 3 is 2.14 bits per heavy atom. The summed E-state index contributed by atoms with van der Waals surface area (Å²) in [6, 6.07) is 13.5. The fraction of sp³-hybridized carbons (Fsp3) is 0.333. The van der Waals surface area contributed by atoms with E-state index in [0.717, 1.165) is 12.0 Å². The Morgan fingerprint density at radius 2 is 1.71 bits per heavy atom. The van der Waals surface area contributed by atoms with Crippen LogP contribution < -0.4 is 0 Å². The first-order chi connectivity index (χ1) is 6.79. The molecule has 1 aromatic carbocycles. The second-order valence-electron chi connectivity index (χ2n) is 3.24. The van der Waals surface area contributed by atoms with E-state index in [2.05, 4.69) is 12.1 Å². The summed E-state index contributed by atoms with van der Waals surface area (Å²) < 4.78 is 0. The van der Waals surface area contributed by atoms with E-state index in [9.17, 15) is 0 Å². The summed E-state index contributed by atoms with van der Waals surface area (Å²) in [5, 5.41) is 18.2. The monoisotopic (exact) mass is 184 g/mol. The molecule has 0 N–H and O–H groups in total. The maximum atomic E-state index is 9.09. The van der Waals surface area contributed by atoms with E-state index in [-0.39, 0.29) is 0 Å². The average molecular weight is 184 g/mol. The molecule has 1 aromatic rings. The Morgan fingerprint density at radius 1 is 1.14 bits per heavy atom. The number of hydrogen-bond donors (Lipinski definition) is 0. The van der Waals surface area contributed by atoms with Crippen LogP contribution in [0.4, 0.5) is 0 Å². The van der Waals surface area contributed by atoms with Crippen molar-refractivity contribution >= 4 is 0 Å². The van der Waals surface area contributed by atoms with Gasteiger partial charge in [-0.15, -0.1) is 0 Å². The van der Waals surface area contributed by atoms with Crippen LogP contribution in [0.1, 0.15) is 25.3 Å². The van der Waals surface area contributed by atoms with Crippen LogP contribution in [0.3, 0.4) is 0 Å². The fourth-order valence-corrected chi connectivity index (χ4v) is 1.51. The van der Waals surface area contributed by atoms with Crippen molar-refractivity contribution in [3.05, 3.63) is 35.9 Å². The molecule has 0 unspecified atom stereocenters. The van der Waals surface area contributed by atoms with E-state index >= 15 is 0 Å². The summed E-state index contributed by atoms with van der Waals surface area (Å²) >= 11 is 0. The van der Waals surface area contributed by atoms with Gasteiger partial charge in [-0.2, -0.15) is 10.5 Å². The lowest BCUT2D eigenvalue weighted by Crippen LogP contribution is -2.21. The molecule has 0 aliphatic carbocycles. The van der Waals surface area contributed by atoms with Gasteiger partial charge in [0.2, 0.25) is 0 Å². The van der Waals surface area contributed by atoms with Crippen molar-refractivity contribution in [3.8, 4) is 12.1 Å². The van der Waals surface area contributed by atoms with Gasteiger partial charge >= 0.3 is 0 Å². The Balaban J connectivity index is 3.14. The van der Waals surface area contributed by atoms with E-state index in [1.54, 1.807) is 0 Å². The minimum Gasteiger partial charge on any atom is -0.196 e. The molecule has 0 heterocycles. The third-order valence-corrected chi connectivity index (χ3v) is 2.27. The molecule has 2 nitrogen and oxygen atoms in total. The number of nitriles is 2. The maximum absolute atomic E-state index is 9.09. The van der Waals surface area contributed by atoms with Crippen molar-refractivity contribution in [3.63, 3.8) is 0 Å². The zero-order chi connectivity index (χ0) is 10.4. The Bertz CT molecular complexity index is 354. The lowest BCUT2D eigenvalue weighted by Gasteiger charge is -2.17. The molecule has 0 amide bonds. The summed E-state index contributed by atoms with van der Waals surface area (Å²) in [5.74, 6) is 0. The van der Waals surface area contributed by atoms with Crippen molar-refractivity contribution in [2.45, 2.75) is 25.2 Å². The predicted molar refractivity (Wildman–Crippen MR) is 54.3 cm³/mol. The highest BCUT2D eigenvalue weighted by molar-refractivity contribution is 5.39. The number of nitrogens with zero attached hydrogens (tertiary/aromatic N) is 2. The maximum Gasteiger partial charge on any atom is 0.168 e. The van der Waals surface area contributed by atoms with Gasteiger partial charge in [-0.25, -0.2) is 0 Å². The molecule has 0 aromatic heterocycles. The summed E-state index contributed by atoms with van der Waals surface area (Å²) in [6.07, 6.45) is 1.42. The molecule has 0 aliphatic rings. The summed E-state index contributed by atoms with van der Waals surface area (Å²) in [6.45, 7) is 1.98. The normalized spacial score (nSPS) is 10.2. The highest BCUT2D eigenvalue weighted by Crippen LogP contribution is 2.27. The second-order valence-corrected chi connectivity index (χ2v) is 3.24. The SMILES string of the molecule is CCCC(C#N)(C#N)c1ccccc1. The number of hydrogen-bond acceptors (Lipinski definition) is 2. The molecule has 0 bridgehead atoms. The summed E-state index contributed by atoms with van der Waals surface area (Å²) in [7, 11) is 0. The molecule has 2 heteroatoms. The molecule has 0 atom stereocenters. The summed E-state index contributed by atoms with van der Waals surface area (Å²) in [4.78, 5) is 0. The molecule has 70 valence electrons. The standard InChI is InChI=1S/C12H12N2/c1-2-8-12(9-13,10-14)11-6-4-3-5-7-11/h3-7H,2,8H2,1H3. The zero-order valence-electron chi connectivity index (χ0n) is 8.20. The van der Waals surface area contributed by atoms with E-state index < -0.39 is 5.41 Å². The van der Waals surface area contributed by atoms with E-state index in [1.807, 2.05) is 37.3 Å². The van der Waals surface area contributed by atoms with Crippen LogP contribution in [0, 0.1) is 22.7 Å². The molecule has 0 fully saturated rings. The topological polar surface area (TPSA) is 47.6 Å². The van der Waals surface area contributed by atoms with Crippen LogP contribution in [0.2, 0.25) is 0 Å². The number of rotatable bonds is 3. The molecule has 0 saturated carbocycles. The van der Waals surface area contributed by atoms with Gasteiger partial charge < -0.3 is 0 Å². The third-order valence-electron chi connectivity index (χ3n) is 2.27. The minimum atomic E-state index is -0.962. The van der Waals surface area contributed by atoms with Crippen molar-refractivity contribution in [1.29, 1.82) is 10.5 Å². The largest absolute Gasteiger partial charge is 0.196 e. The third kappa shape index (κ3) is 1.75. The average Bonchev–Trinajstić information content (AvgIpc) is 2.27. The molecule has 14 heavy (non-hydrogen) atoms. The smallest absolute Gasteiger partial charge is 0.168 e. The minimum absolute atomic E-state index is 0.587. The lowest BCUT2D eigenvalue weighted by atomic mass is 9.80. The van der Waals surface area contributed by atoms with Crippen LogP contribution in [0.5, 0.6) is 0 Å². The van der Waals surface area contributed by atoms with Gasteiger partial charge in [-0.05, 0) is 12.0 Å². The lowest BCUT2D eigenvalue weighted by molar-refractivity contribution is 0.614. The predicted octanol–water partition coefficient (Wildman–Crippen LogP) is 2.77. The van der Waals surface area contributed by atoms with Gasteiger partial charge in [0.25, 0.3) is 0 Å². The van der Waals surface area contributed by atoms with Crippen molar-refractivity contribution < 1.29 is 0 Å². The molecule has 0 saturated heterocycles. The quantitative estimate of drug-likeness (QED) is 0.725. The van der Waals surface area contributed by atoms with Crippen LogP contribution in [-0.2, 0) is 5.41 Å². The van der Waals surface area contributed by atoms with Crippen molar-refractivity contribution in [2.75, 3.05) is 0 Å². The Labute approximate surface area is 84.4 Å².